The molecule has 0 bridgehead atoms. The highest BCUT2D eigenvalue weighted by atomic mass is 19.1. The van der Waals surface area contributed by atoms with E-state index in [2.05, 4.69) is 10.4 Å². The number of carbonyl (C=O) groups excluding carboxylic acids is 1. The first-order valence-corrected chi connectivity index (χ1v) is 9.00. The summed E-state index contributed by atoms with van der Waals surface area (Å²) < 4.78 is 25.4. The van der Waals surface area contributed by atoms with Crippen molar-refractivity contribution < 1.29 is 18.7 Å². The van der Waals surface area contributed by atoms with Gasteiger partial charge in [-0.05, 0) is 55.3 Å². The molecule has 1 heterocycles. The van der Waals surface area contributed by atoms with Crippen LogP contribution in [0.15, 0.2) is 54.7 Å². The van der Waals surface area contributed by atoms with Crippen LogP contribution in [-0.4, -0.2) is 35.9 Å². The number of carbonyl (C=O) groups is 1. The van der Waals surface area contributed by atoms with E-state index in [-0.39, 0.29) is 17.4 Å². The second kappa shape index (κ2) is 9.03. The van der Waals surface area contributed by atoms with Gasteiger partial charge in [-0.2, -0.15) is 5.10 Å². The zero-order valence-corrected chi connectivity index (χ0v) is 15.8. The van der Waals surface area contributed by atoms with Crippen LogP contribution in [0.5, 0.6) is 11.5 Å². The van der Waals surface area contributed by atoms with Crippen molar-refractivity contribution in [3.8, 4) is 17.2 Å². The van der Waals surface area contributed by atoms with Gasteiger partial charge in [-0.1, -0.05) is 12.1 Å². The van der Waals surface area contributed by atoms with E-state index >= 15 is 0 Å². The maximum absolute atomic E-state index is 13.1. The van der Waals surface area contributed by atoms with E-state index in [1.807, 2.05) is 31.2 Å². The van der Waals surface area contributed by atoms with Crippen LogP contribution in [0.25, 0.3) is 5.69 Å². The van der Waals surface area contributed by atoms with Crippen LogP contribution in [0.4, 0.5) is 4.39 Å². The molecule has 7 heteroatoms. The summed E-state index contributed by atoms with van der Waals surface area (Å²) in [6, 6.07) is 13.5. The maximum Gasteiger partial charge on any atom is 0.275 e. The fourth-order valence-corrected chi connectivity index (χ4v) is 2.73. The van der Waals surface area contributed by atoms with Crippen LogP contribution < -0.4 is 14.8 Å². The van der Waals surface area contributed by atoms with Gasteiger partial charge in [0, 0.05) is 6.54 Å². The summed E-state index contributed by atoms with van der Waals surface area (Å²) in [5.74, 6) is 0.495. The number of hydrogen-bond donors (Lipinski definition) is 1. The van der Waals surface area contributed by atoms with Gasteiger partial charge in [0.1, 0.15) is 11.6 Å². The van der Waals surface area contributed by atoms with Crippen molar-refractivity contribution in [3.63, 3.8) is 0 Å². The third-order valence-electron chi connectivity index (χ3n) is 4.12. The number of hydrogen-bond acceptors (Lipinski definition) is 4. The summed E-state index contributed by atoms with van der Waals surface area (Å²) in [4.78, 5) is 12.6. The maximum atomic E-state index is 13.1. The van der Waals surface area contributed by atoms with Crippen LogP contribution in [0.2, 0.25) is 0 Å². The van der Waals surface area contributed by atoms with E-state index in [1.54, 1.807) is 25.4 Å². The molecule has 0 aliphatic heterocycles. The number of methoxy groups -OCH3 is 1. The van der Waals surface area contributed by atoms with Crippen LogP contribution in [-0.2, 0) is 6.42 Å². The molecule has 0 unspecified atom stereocenters. The molecule has 3 aromatic rings. The van der Waals surface area contributed by atoms with Crippen molar-refractivity contribution in [2.24, 2.45) is 0 Å². The Hall–Kier alpha value is -3.35. The highest BCUT2D eigenvalue weighted by Gasteiger charge is 2.18. The summed E-state index contributed by atoms with van der Waals surface area (Å²) in [7, 11) is 1.62. The quantitative estimate of drug-likeness (QED) is 0.648. The summed E-state index contributed by atoms with van der Waals surface area (Å²) in [6.07, 6.45) is 2.28. The van der Waals surface area contributed by atoms with E-state index in [4.69, 9.17) is 9.47 Å². The lowest BCUT2D eigenvalue weighted by Crippen LogP contribution is -2.26. The molecule has 3 rings (SSSR count). The molecular formula is C21H22FN3O3. The normalized spacial score (nSPS) is 10.5. The molecule has 0 aliphatic rings. The number of benzene rings is 2. The van der Waals surface area contributed by atoms with Gasteiger partial charge >= 0.3 is 0 Å². The number of nitrogens with one attached hydrogen (secondary N) is 1. The lowest BCUT2D eigenvalue weighted by molar-refractivity contribution is 0.0945. The molecule has 1 aromatic heterocycles. The molecule has 6 nitrogen and oxygen atoms in total. The lowest BCUT2D eigenvalue weighted by Gasteiger charge is -2.07. The average molecular weight is 383 g/mol. The molecule has 0 spiro atoms. The Kier molecular flexibility index (Phi) is 6.26. The van der Waals surface area contributed by atoms with Crippen molar-refractivity contribution >= 4 is 5.91 Å². The van der Waals surface area contributed by atoms with Gasteiger partial charge in [0.25, 0.3) is 5.91 Å². The molecule has 0 atom stereocenters. The van der Waals surface area contributed by atoms with Gasteiger partial charge in [0.05, 0.1) is 25.6 Å². The molecule has 0 saturated carbocycles. The number of halogens is 1. The minimum absolute atomic E-state index is 0.191. The molecular weight excluding hydrogens is 361 g/mol. The standard InChI is InChI=1S/C21H22FN3O3/c1-3-28-19-14-25(17-9-7-16(22)8-10-17)24-20(19)21(26)23-12-11-15-5-4-6-18(13-15)27-2/h4-10,13-14H,3,11-12H2,1-2H3,(H,23,26). The van der Waals surface area contributed by atoms with Crippen molar-refractivity contribution in [2.45, 2.75) is 13.3 Å². The highest BCUT2D eigenvalue weighted by molar-refractivity contribution is 5.94. The fourth-order valence-electron chi connectivity index (χ4n) is 2.73. The monoisotopic (exact) mass is 383 g/mol. The van der Waals surface area contributed by atoms with Crippen molar-refractivity contribution in [3.05, 3.63) is 71.8 Å². The molecule has 0 radical (unpaired) electrons. The Morgan fingerprint density at radius 2 is 2.00 bits per heavy atom. The average Bonchev–Trinajstić information content (AvgIpc) is 3.13. The first-order valence-electron chi connectivity index (χ1n) is 9.00. The Labute approximate surface area is 162 Å². The zero-order chi connectivity index (χ0) is 19.9. The van der Waals surface area contributed by atoms with E-state index in [9.17, 15) is 9.18 Å². The molecule has 146 valence electrons. The molecule has 2 aromatic carbocycles. The summed E-state index contributed by atoms with van der Waals surface area (Å²) in [5, 5.41) is 7.18. The SMILES string of the molecule is CCOc1cn(-c2ccc(F)cc2)nc1C(=O)NCCc1cccc(OC)c1. The van der Waals surface area contributed by atoms with Crippen LogP contribution in [0, 0.1) is 5.82 Å². The summed E-state index contributed by atoms with van der Waals surface area (Å²) >= 11 is 0. The van der Waals surface area contributed by atoms with Gasteiger partial charge < -0.3 is 14.8 Å². The fraction of sp³-hybridized carbons (Fsp3) is 0.238. The van der Waals surface area contributed by atoms with Gasteiger partial charge in [-0.15, -0.1) is 0 Å². The van der Waals surface area contributed by atoms with E-state index in [1.165, 1.54) is 16.8 Å². The van der Waals surface area contributed by atoms with Gasteiger partial charge in [0.2, 0.25) is 0 Å². The number of aromatic nitrogens is 2. The Bertz CT molecular complexity index is 938. The van der Waals surface area contributed by atoms with Crippen molar-refractivity contribution in [1.29, 1.82) is 0 Å². The van der Waals surface area contributed by atoms with E-state index in [0.717, 1.165) is 11.3 Å². The number of amides is 1. The van der Waals surface area contributed by atoms with E-state index in [0.29, 0.717) is 31.0 Å². The molecule has 0 aliphatic carbocycles. The first kappa shape index (κ1) is 19.4. The summed E-state index contributed by atoms with van der Waals surface area (Å²) in [6.45, 7) is 2.68. The number of ether oxygens (including phenoxy) is 2. The highest BCUT2D eigenvalue weighted by Crippen LogP contribution is 2.20. The second-order valence-corrected chi connectivity index (χ2v) is 6.05. The number of rotatable bonds is 8. The number of nitrogens with zero attached hydrogens (tertiary/aromatic N) is 2. The minimum Gasteiger partial charge on any atom is -0.497 e. The van der Waals surface area contributed by atoms with Gasteiger partial charge in [-0.3, -0.25) is 4.79 Å². The Morgan fingerprint density at radius 3 is 2.71 bits per heavy atom. The van der Waals surface area contributed by atoms with E-state index < -0.39 is 0 Å². The second-order valence-electron chi connectivity index (χ2n) is 6.05. The van der Waals surface area contributed by atoms with Crippen LogP contribution >= 0.6 is 0 Å². The van der Waals surface area contributed by atoms with Crippen LogP contribution in [0.3, 0.4) is 0 Å². The zero-order valence-electron chi connectivity index (χ0n) is 15.8. The van der Waals surface area contributed by atoms with Crippen molar-refractivity contribution in [1.82, 2.24) is 15.1 Å². The molecule has 0 fully saturated rings. The molecule has 0 saturated heterocycles. The lowest BCUT2D eigenvalue weighted by atomic mass is 10.1. The predicted octanol–water partition coefficient (Wildman–Crippen LogP) is 3.39. The topological polar surface area (TPSA) is 65.4 Å². The third kappa shape index (κ3) is 4.68. The van der Waals surface area contributed by atoms with Crippen LogP contribution in [0.1, 0.15) is 23.0 Å². The third-order valence-corrected chi connectivity index (χ3v) is 4.12. The molecule has 1 N–H and O–H groups in total. The Morgan fingerprint density at radius 1 is 1.21 bits per heavy atom. The summed E-state index contributed by atoms with van der Waals surface area (Å²) in [5.41, 5.74) is 1.89. The minimum atomic E-state index is -0.337. The largest absolute Gasteiger partial charge is 0.497 e. The van der Waals surface area contributed by atoms with Gasteiger partial charge in [-0.25, -0.2) is 9.07 Å². The van der Waals surface area contributed by atoms with Crippen molar-refractivity contribution in [2.75, 3.05) is 20.3 Å². The first-order chi connectivity index (χ1) is 13.6. The smallest absolute Gasteiger partial charge is 0.275 e. The molecule has 28 heavy (non-hydrogen) atoms. The molecule has 1 amide bonds. The predicted molar refractivity (Wildman–Crippen MR) is 104 cm³/mol. The Balaban J connectivity index is 1.70. The van der Waals surface area contributed by atoms with Gasteiger partial charge in [0.15, 0.2) is 11.4 Å².